The molecule has 1 fully saturated rings. The largest absolute Gasteiger partial charge is 0.497 e. The van der Waals surface area contributed by atoms with E-state index in [2.05, 4.69) is 10.6 Å². The van der Waals surface area contributed by atoms with Crippen molar-refractivity contribution in [1.82, 2.24) is 5.32 Å². The van der Waals surface area contributed by atoms with Crippen LogP contribution in [0.15, 0.2) is 48.5 Å². The van der Waals surface area contributed by atoms with Crippen molar-refractivity contribution in [2.45, 2.75) is 24.7 Å². The number of anilines is 1. The summed E-state index contributed by atoms with van der Waals surface area (Å²) in [5, 5.41) is 5.75. The molecule has 1 atom stereocenters. The van der Waals surface area contributed by atoms with Gasteiger partial charge in [0.25, 0.3) is 5.91 Å². The number of amides is 2. The van der Waals surface area contributed by atoms with E-state index < -0.39 is 0 Å². The van der Waals surface area contributed by atoms with E-state index in [1.807, 2.05) is 24.3 Å². The number of rotatable bonds is 9. The zero-order chi connectivity index (χ0) is 20.5. The van der Waals surface area contributed by atoms with Crippen LogP contribution in [-0.2, 0) is 15.3 Å². The minimum atomic E-state index is -0.206. The topological polar surface area (TPSA) is 76.7 Å². The molecule has 0 radical (unpaired) electrons. The van der Waals surface area contributed by atoms with Gasteiger partial charge < -0.3 is 20.1 Å². The van der Waals surface area contributed by atoms with E-state index in [1.54, 1.807) is 31.4 Å². The summed E-state index contributed by atoms with van der Waals surface area (Å²) in [6.45, 7) is 1.24. The van der Waals surface area contributed by atoms with Gasteiger partial charge in [-0.15, -0.1) is 11.8 Å². The third-order valence-corrected chi connectivity index (χ3v) is 5.62. The lowest BCUT2D eigenvalue weighted by Crippen LogP contribution is -2.32. The first-order chi connectivity index (χ1) is 14.2. The highest BCUT2D eigenvalue weighted by Gasteiger charge is 2.18. The van der Waals surface area contributed by atoms with Crippen LogP contribution >= 0.6 is 11.8 Å². The fourth-order valence-corrected chi connectivity index (χ4v) is 3.85. The van der Waals surface area contributed by atoms with Gasteiger partial charge in [0.2, 0.25) is 5.91 Å². The summed E-state index contributed by atoms with van der Waals surface area (Å²) in [5.41, 5.74) is 2.10. The molecule has 1 aliphatic rings. The van der Waals surface area contributed by atoms with Crippen LogP contribution in [0.1, 0.15) is 28.8 Å². The SMILES string of the molecule is COc1ccc(CSCC(=O)Nc2ccccc2C(=O)NC[C@@H]2CCCO2)cc1. The predicted octanol–water partition coefficient (Wildman–Crippen LogP) is 3.48. The van der Waals surface area contributed by atoms with Crippen molar-refractivity contribution in [3.63, 3.8) is 0 Å². The predicted molar refractivity (Wildman–Crippen MR) is 116 cm³/mol. The molecule has 154 valence electrons. The van der Waals surface area contributed by atoms with E-state index in [-0.39, 0.29) is 17.9 Å². The van der Waals surface area contributed by atoms with Crippen LogP contribution in [0.5, 0.6) is 5.75 Å². The quantitative estimate of drug-likeness (QED) is 0.657. The van der Waals surface area contributed by atoms with Gasteiger partial charge in [-0.05, 0) is 42.7 Å². The Hall–Kier alpha value is -2.51. The number of ether oxygens (including phenoxy) is 2. The molecule has 0 aliphatic carbocycles. The average Bonchev–Trinajstić information content (AvgIpc) is 3.26. The number of hydrogen-bond acceptors (Lipinski definition) is 5. The van der Waals surface area contributed by atoms with Crippen LogP contribution in [-0.4, -0.2) is 43.9 Å². The Kier molecular flexibility index (Phi) is 7.95. The van der Waals surface area contributed by atoms with Crippen molar-refractivity contribution in [3.05, 3.63) is 59.7 Å². The number of para-hydroxylation sites is 1. The standard InChI is InChI=1S/C22H26N2O4S/c1-27-17-10-8-16(9-11-17)14-29-15-21(25)24-20-7-3-2-6-19(20)22(26)23-13-18-5-4-12-28-18/h2-3,6-11,18H,4-5,12-15H2,1H3,(H,23,26)(H,24,25)/t18-/m0/s1. The Balaban J connectivity index is 1.48. The van der Waals surface area contributed by atoms with E-state index in [9.17, 15) is 9.59 Å². The van der Waals surface area contributed by atoms with Crippen LogP contribution in [0.3, 0.4) is 0 Å². The summed E-state index contributed by atoms with van der Waals surface area (Å²) in [6.07, 6.45) is 2.07. The molecule has 0 unspecified atom stereocenters. The van der Waals surface area contributed by atoms with E-state index in [4.69, 9.17) is 9.47 Å². The molecule has 2 amide bonds. The Morgan fingerprint density at radius 1 is 1.17 bits per heavy atom. The van der Waals surface area contributed by atoms with Gasteiger partial charge in [0.05, 0.1) is 30.2 Å². The second kappa shape index (κ2) is 10.9. The first-order valence-corrected chi connectivity index (χ1v) is 10.8. The summed E-state index contributed by atoms with van der Waals surface area (Å²) in [6, 6.07) is 14.8. The van der Waals surface area contributed by atoms with Crippen molar-refractivity contribution in [3.8, 4) is 5.75 Å². The van der Waals surface area contributed by atoms with Gasteiger partial charge in [-0.1, -0.05) is 24.3 Å². The fraction of sp³-hybridized carbons (Fsp3) is 0.364. The number of thioether (sulfide) groups is 1. The van der Waals surface area contributed by atoms with Gasteiger partial charge in [-0.2, -0.15) is 0 Å². The van der Waals surface area contributed by atoms with Gasteiger partial charge >= 0.3 is 0 Å². The number of methoxy groups -OCH3 is 1. The molecular weight excluding hydrogens is 388 g/mol. The van der Waals surface area contributed by atoms with Crippen molar-refractivity contribution in [1.29, 1.82) is 0 Å². The molecule has 29 heavy (non-hydrogen) atoms. The summed E-state index contributed by atoms with van der Waals surface area (Å²) in [7, 11) is 1.63. The summed E-state index contributed by atoms with van der Waals surface area (Å²) < 4.78 is 10.7. The fourth-order valence-electron chi connectivity index (χ4n) is 3.07. The highest BCUT2D eigenvalue weighted by Crippen LogP contribution is 2.19. The molecule has 1 saturated heterocycles. The Morgan fingerprint density at radius 2 is 1.97 bits per heavy atom. The molecule has 0 spiro atoms. The molecule has 7 heteroatoms. The van der Waals surface area contributed by atoms with E-state index in [0.29, 0.717) is 23.5 Å². The zero-order valence-corrected chi connectivity index (χ0v) is 17.3. The van der Waals surface area contributed by atoms with E-state index in [0.717, 1.165) is 36.5 Å². The number of hydrogen-bond donors (Lipinski definition) is 2. The number of benzene rings is 2. The van der Waals surface area contributed by atoms with Crippen LogP contribution in [0.4, 0.5) is 5.69 Å². The van der Waals surface area contributed by atoms with Gasteiger partial charge in [-0.25, -0.2) is 0 Å². The third-order valence-electron chi connectivity index (χ3n) is 4.62. The van der Waals surface area contributed by atoms with E-state index >= 15 is 0 Å². The second-order valence-electron chi connectivity index (χ2n) is 6.78. The maximum Gasteiger partial charge on any atom is 0.253 e. The van der Waals surface area contributed by atoms with Crippen molar-refractivity contribution in [2.24, 2.45) is 0 Å². The zero-order valence-electron chi connectivity index (χ0n) is 16.5. The molecule has 6 nitrogen and oxygen atoms in total. The first kappa shape index (κ1) is 21.2. The van der Waals surface area contributed by atoms with Crippen LogP contribution in [0.25, 0.3) is 0 Å². The highest BCUT2D eigenvalue weighted by atomic mass is 32.2. The highest BCUT2D eigenvalue weighted by molar-refractivity contribution is 7.99. The Labute approximate surface area is 175 Å². The minimum Gasteiger partial charge on any atom is -0.497 e. The van der Waals surface area contributed by atoms with Crippen molar-refractivity contribution < 1.29 is 19.1 Å². The third kappa shape index (κ3) is 6.51. The van der Waals surface area contributed by atoms with Gasteiger partial charge in [0.1, 0.15) is 5.75 Å². The maximum atomic E-state index is 12.5. The van der Waals surface area contributed by atoms with Gasteiger partial charge in [0, 0.05) is 18.9 Å². The monoisotopic (exact) mass is 414 g/mol. The van der Waals surface area contributed by atoms with Gasteiger partial charge in [-0.3, -0.25) is 9.59 Å². The minimum absolute atomic E-state index is 0.0788. The summed E-state index contributed by atoms with van der Waals surface area (Å²) in [4.78, 5) is 24.9. The van der Waals surface area contributed by atoms with Crippen LogP contribution < -0.4 is 15.4 Å². The number of carbonyl (C=O) groups is 2. The second-order valence-corrected chi connectivity index (χ2v) is 7.77. The molecule has 2 aromatic carbocycles. The van der Waals surface area contributed by atoms with Crippen LogP contribution in [0.2, 0.25) is 0 Å². The lowest BCUT2D eigenvalue weighted by molar-refractivity contribution is -0.113. The Morgan fingerprint density at radius 3 is 2.69 bits per heavy atom. The number of carbonyl (C=O) groups excluding carboxylic acids is 2. The lowest BCUT2D eigenvalue weighted by atomic mass is 10.1. The molecule has 0 aromatic heterocycles. The molecule has 0 bridgehead atoms. The van der Waals surface area contributed by atoms with Crippen molar-refractivity contribution in [2.75, 3.05) is 31.3 Å². The molecule has 1 aliphatic heterocycles. The molecule has 2 N–H and O–H groups in total. The normalized spacial score (nSPS) is 15.7. The summed E-state index contributed by atoms with van der Waals surface area (Å²) >= 11 is 1.52. The molecule has 2 aromatic rings. The maximum absolute atomic E-state index is 12.5. The van der Waals surface area contributed by atoms with Crippen LogP contribution in [0, 0.1) is 0 Å². The smallest absolute Gasteiger partial charge is 0.253 e. The Bertz CT molecular complexity index is 820. The lowest BCUT2D eigenvalue weighted by Gasteiger charge is -2.13. The molecular formula is C22H26N2O4S. The van der Waals surface area contributed by atoms with Crippen molar-refractivity contribution >= 4 is 29.3 Å². The summed E-state index contributed by atoms with van der Waals surface area (Å²) in [5.74, 6) is 1.50. The van der Waals surface area contributed by atoms with E-state index in [1.165, 1.54) is 11.8 Å². The average molecular weight is 415 g/mol. The van der Waals surface area contributed by atoms with Gasteiger partial charge in [0.15, 0.2) is 0 Å². The molecule has 3 rings (SSSR count). The molecule has 1 heterocycles. The first-order valence-electron chi connectivity index (χ1n) is 9.65. The number of nitrogens with one attached hydrogen (secondary N) is 2. The molecule has 0 saturated carbocycles.